The Hall–Kier alpha value is -2.83. The summed E-state index contributed by atoms with van der Waals surface area (Å²) in [5, 5.41) is 18.3. The van der Waals surface area contributed by atoms with Crippen LogP contribution in [0, 0.1) is 22.4 Å². The molecule has 0 saturated heterocycles. The van der Waals surface area contributed by atoms with Gasteiger partial charge in [-0.2, -0.15) is 0 Å². The molecule has 2 aromatic rings. The summed E-state index contributed by atoms with van der Waals surface area (Å²) in [4.78, 5) is 12.3. The minimum absolute atomic E-state index is 0.0163. The third-order valence-corrected chi connectivity index (χ3v) is 3.34. The van der Waals surface area contributed by atoms with Gasteiger partial charge in [-0.25, -0.2) is 8.42 Å². The molecule has 0 aliphatic carbocycles. The van der Waals surface area contributed by atoms with Crippen molar-refractivity contribution in [1.82, 2.24) is 0 Å². The first-order valence-corrected chi connectivity index (χ1v) is 7.27. The van der Waals surface area contributed by atoms with Crippen molar-refractivity contribution in [1.29, 1.82) is 5.39 Å². The fraction of sp³-hybridized carbons (Fsp3) is 0.0769. The quantitative estimate of drug-likeness (QED) is 0.362. The Morgan fingerprint density at radius 3 is 1.91 bits per heavy atom. The first-order valence-electron chi connectivity index (χ1n) is 5.86. The Morgan fingerprint density at radius 2 is 1.55 bits per heavy atom. The Balaban J connectivity index is 0.000000220. The maximum Gasteiger partial charge on any atom is 0.385 e. The number of hydrogen-bond acceptors (Lipinski definition) is 6. The smallest absolute Gasteiger partial charge is 0.385 e. The van der Waals surface area contributed by atoms with Gasteiger partial charge in [0.15, 0.2) is 4.98 Å². The summed E-state index contributed by atoms with van der Waals surface area (Å²) in [6.07, 6.45) is 0. The van der Waals surface area contributed by atoms with E-state index in [9.17, 15) is 23.1 Å². The van der Waals surface area contributed by atoms with Gasteiger partial charge >= 0.3 is 5.69 Å². The summed E-state index contributed by atoms with van der Waals surface area (Å²) in [6, 6.07) is 11.0. The standard InChI is InChI=1S/C7H8O3S.C6H4N3O2/c1-6-2-4-7(5-3-6)11(8,9)10;7-8-5-1-3-6(4-2-5)9(10)11/h2-5H,1H3,(H,8,9,10);1-4H/q;+1/p-1. The van der Waals surface area contributed by atoms with Crippen LogP contribution < -0.4 is 0 Å². The lowest BCUT2D eigenvalue weighted by Gasteiger charge is -2.05. The first kappa shape index (κ1) is 17.2. The summed E-state index contributed by atoms with van der Waals surface area (Å²) in [5.41, 5.74) is 1.21. The van der Waals surface area contributed by atoms with Crippen molar-refractivity contribution >= 4 is 21.5 Å². The highest BCUT2D eigenvalue weighted by atomic mass is 32.2. The summed E-state index contributed by atoms with van der Waals surface area (Å²) in [5.74, 6) is 0. The van der Waals surface area contributed by atoms with Gasteiger partial charge in [-0.15, -0.1) is 0 Å². The maximum absolute atomic E-state index is 10.4. The normalized spacial score (nSPS) is 10.0. The van der Waals surface area contributed by atoms with E-state index in [1.165, 1.54) is 36.4 Å². The van der Waals surface area contributed by atoms with Crippen molar-refractivity contribution in [3.63, 3.8) is 0 Å². The Labute approximate surface area is 126 Å². The zero-order chi connectivity index (χ0) is 16.8. The van der Waals surface area contributed by atoms with Crippen molar-refractivity contribution in [2.24, 2.45) is 0 Å². The van der Waals surface area contributed by atoms with E-state index in [-0.39, 0.29) is 10.6 Å². The fourth-order valence-electron chi connectivity index (χ4n) is 1.35. The number of benzene rings is 2. The van der Waals surface area contributed by atoms with E-state index < -0.39 is 15.0 Å². The van der Waals surface area contributed by atoms with E-state index in [2.05, 4.69) is 4.98 Å². The van der Waals surface area contributed by atoms with E-state index >= 15 is 0 Å². The fourth-order valence-corrected chi connectivity index (χ4v) is 1.82. The molecule has 2 rings (SSSR count). The van der Waals surface area contributed by atoms with Crippen molar-refractivity contribution in [2.45, 2.75) is 11.8 Å². The van der Waals surface area contributed by atoms with Gasteiger partial charge in [-0.1, -0.05) is 17.7 Å². The number of nitro groups is 1. The lowest BCUT2D eigenvalue weighted by Crippen LogP contribution is -1.97. The molecule has 0 aliphatic heterocycles. The number of aryl methyl sites for hydroxylation is 1. The molecular weight excluding hydrogens is 310 g/mol. The van der Waals surface area contributed by atoms with Crippen molar-refractivity contribution in [2.75, 3.05) is 0 Å². The summed E-state index contributed by atoms with van der Waals surface area (Å²) < 4.78 is 31.2. The third-order valence-electron chi connectivity index (χ3n) is 2.49. The van der Waals surface area contributed by atoms with Gasteiger partial charge in [0, 0.05) is 24.3 Å². The molecule has 0 bridgehead atoms. The van der Waals surface area contributed by atoms with Crippen LogP contribution in [0.15, 0.2) is 53.4 Å². The highest BCUT2D eigenvalue weighted by Gasteiger charge is 2.08. The summed E-state index contributed by atoms with van der Waals surface area (Å²) in [7, 11) is -4.27. The van der Waals surface area contributed by atoms with Gasteiger partial charge in [0.25, 0.3) is 5.69 Å². The Morgan fingerprint density at radius 1 is 1.05 bits per heavy atom. The molecule has 114 valence electrons. The predicted molar refractivity (Wildman–Crippen MR) is 77.0 cm³/mol. The van der Waals surface area contributed by atoms with E-state index in [1.807, 2.05) is 6.92 Å². The zero-order valence-electron chi connectivity index (χ0n) is 11.4. The molecule has 0 atom stereocenters. The lowest BCUT2D eigenvalue weighted by atomic mass is 10.2. The molecule has 0 heterocycles. The molecule has 22 heavy (non-hydrogen) atoms. The molecule has 0 unspecified atom stereocenters. The van der Waals surface area contributed by atoms with Crippen LogP contribution in [-0.2, 0) is 10.1 Å². The number of nitrogens with zero attached hydrogens (tertiary/aromatic N) is 3. The molecule has 0 spiro atoms. The second-order valence-corrected chi connectivity index (χ2v) is 5.52. The SMILES string of the molecule is Cc1ccc(S(=O)(=O)[O-])cc1.N#[N+]c1ccc([N+](=O)[O-])cc1. The molecular formula is C13H11N3O5S. The molecule has 2 aromatic carbocycles. The van der Waals surface area contributed by atoms with Crippen LogP contribution >= 0.6 is 0 Å². The molecule has 0 saturated carbocycles. The number of nitro benzene ring substituents is 1. The molecule has 0 N–H and O–H groups in total. The molecule has 0 amide bonds. The van der Waals surface area contributed by atoms with Crippen LogP contribution in [0.3, 0.4) is 0 Å². The third kappa shape index (κ3) is 5.28. The predicted octanol–water partition coefficient (Wildman–Crippen LogP) is 2.98. The van der Waals surface area contributed by atoms with E-state index in [1.54, 1.807) is 12.1 Å². The molecule has 0 fully saturated rings. The summed E-state index contributed by atoms with van der Waals surface area (Å²) >= 11 is 0. The summed E-state index contributed by atoms with van der Waals surface area (Å²) in [6.45, 7) is 1.82. The van der Waals surface area contributed by atoms with E-state index in [0.717, 1.165) is 5.56 Å². The maximum atomic E-state index is 10.4. The average Bonchev–Trinajstić information content (AvgIpc) is 2.47. The second kappa shape index (κ2) is 7.26. The number of hydrogen-bond donors (Lipinski definition) is 0. The molecule has 0 aliphatic rings. The number of rotatable bonds is 2. The first-order chi connectivity index (χ1) is 10.2. The minimum atomic E-state index is -4.27. The van der Waals surface area contributed by atoms with Crippen LogP contribution in [0.25, 0.3) is 4.98 Å². The molecule has 0 radical (unpaired) electrons. The molecule has 9 heteroatoms. The van der Waals surface area contributed by atoms with Crippen molar-refractivity contribution in [3.05, 3.63) is 69.2 Å². The van der Waals surface area contributed by atoms with Gasteiger partial charge in [-0.05, 0) is 19.1 Å². The number of diazo groups is 1. The van der Waals surface area contributed by atoms with Crippen molar-refractivity contribution < 1.29 is 17.9 Å². The van der Waals surface area contributed by atoms with Gasteiger partial charge in [0.05, 0.1) is 9.82 Å². The van der Waals surface area contributed by atoms with Crippen molar-refractivity contribution in [3.8, 4) is 0 Å². The van der Waals surface area contributed by atoms with Gasteiger partial charge in [0.1, 0.15) is 10.1 Å². The van der Waals surface area contributed by atoms with Crippen LogP contribution in [-0.4, -0.2) is 17.9 Å². The molecule has 8 nitrogen and oxygen atoms in total. The van der Waals surface area contributed by atoms with E-state index in [4.69, 9.17) is 5.39 Å². The topological polar surface area (TPSA) is 128 Å². The van der Waals surface area contributed by atoms with Crippen LogP contribution in [0.4, 0.5) is 11.4 Å². The lowest BCUT2D eigenvalue weighted by molar-refractivity contribution is -0.384. The van der Waals surface area contributed by atoms with Crippen LogP contribution in [0.1, 0.15) is 5.56 Å². The van der Waals surface area contributed by atoms with Crippen LogP contribution in [0.2, 0.25) is 0 Å². The zero-order valence-corrected chi connectivity index (χ0v) is 12.2. The largest absolute Gasteiger partial charge is 0.744 e. The Bertz CT molecular complexity index is 793. The van der Waals surface area contributed by atoms with Gasteiger partial charge < -0.3 is 4.55 Å². The number of non-ortho nitro benzene ring substituents is 1. The highest BCUT2D eigenvalue weighted by molar-refractivity contribution is 7.85. The average molecular weight is 321 g/mol. The monoisotopic (exact) mass is 321 g/mol. The van der Waals surface area contributed by atoms with Crippen LogP contribution in [0.5, 0.6) is 0 Å². The molecule has 0 aromatic heterocycles. The van der Waals surface area contributed by atoms with E-state index in [0.29, 0.717) is 5.69 Å². The second-order valence-electron chi connectivity index (χ2n) is 4.14. The highest BCUT2D eigenvalue weighted by Crippen LogP contribution is 2.17. The minimum Gasteiger partial charge on any atom is -0.744 e. The van der Waals surface area contributed by atoms with Gasteiger partial charge in [0.2, 0.25) is 5.39 Å². The Kier molecular flexibility index (Phi) is 5.68. The van der Waals surface area contributed by atoms with Gasteiger partial charge in [-0.3, -0.25) is 10.1 Å².